The Balaban J connectivity index is 0.000000369. The van der Waals surface area contributed by atoms with Crippen LogP contribution in [0.25, 0.3) is 22.6 Å². The number of aliphatic hydroxyl groups is 5. The van der Waals surface area contributed by atoms with E-state index in [4.69, 9.17) is 29.4 Å². The van der Waals surface area contributed by atoms with E-state index in [1.165, 1.54) is 12.2 Å². The predicted octanol–water partition coefficient (Wildman–Crippen LogP) is 2.81. The fraction of sp³-hybridized carbons (Fsp3) is 0.488. The Bertz CT molecular complexity index is 2020. The first-order chi connectivity index (χ1) is 29.2. The highest BCUT2D eigenvalue weighted by Gasteiger charge is 2.51. The van der Waals surface area contributed by atoms with Crippen molar-refractivity contribution >= 4 is 34.3 Å². The Labute approximate surface area is 356 Å². The number of aromatic amines is 1. The number of hydrogen-bond donors (Lipinski definition) is 8. The number of nitrogens with zero attached hydrogens (tertiary/aromatic N) is 2. The maximum atomic E-state index is 12.3. The molecule has 0 amide bonds. The number of aromatic nitrogens is 3. The molecular weight excluding hydrogens is 813 g/mol. The summed E-state index contributed by atoms with van der Waals surface area (Å²) in [6, 6.07) is 6.89. The number of rotatable bonds is 4. The van der Waals surface area contributed by atoms with E-state index < -0.39 is 97.3 Å². The number of aliphatic hydroxyl groups excluding tert-OH is 4. The van der Waals surface area contributed by atoms with E-state index in [0.717, 1.165) is 22.6 Å². The number of carboxylic acids is 1. The third-order valence-electron chi connectivity index (χ3n) is 10.6. The second kappa shape index (κ2) is 21.1. The van der Waals surface area contributed by atoms with Gasteiger partial charge in [-0.3, -0.25) is 4.79 Å². The normalized spacial score (nSPS) is 38.9. The topological polar surface area (TPSA) is 273 Å². The molecule has 1 aromatic carbocycles. The maximum Gasteiger partial charge on any atom is 0.330 e. The number of benzene rings is 1. The maximum absolute atomic E-state index is 12.3. The highest BCUT2D eigenvalue weighted by atomic mass is 32.1. The minimum absolute atomic E-state index is 0.0789. The molecule has 4 aliphatic rings. The molecule has 3 saturated heterocycles. The number of para-hydroxylation sites is 2. The molecule has 18 heteroatoms. The van der Waals surface area contributed by atoms with Crippen molar-refractivity contribution in [3.63, 3.8) is 0 Å². The third kappa shape index (κ3) is 12.8. The second-order valence-electron chi connectivity index (χ2n) is 15.6. The summed E-state index contributed by atoms with van der Waals surface area (Å²) in [5.74, 6) is -4.61. The lowest BCUT2D eigenvalue weighted by molar-refractivity contribution is -0.308. The molecule has 17 nitrogen and oxygen atoms in total. The zero-order valence-corrected chi connectivity index (χ0v) is 34.5. The van der Waals surface area contributed by atoms with Crippen LogP contribution >= 0.6 is 11.3 Å². The van der Waals surface area contributed by atoms with Crippen LogP contribution in [0.5, 0.6) is 0 Å². The molecule has 0 radical (unpaired) electrons. The Morgan fingerprint density at radius 3 is 2.46 bits per heavy atom. The van der Waals surface area contributed by atoms with Gasteiger partial charge in [0, 0.05) is 43.6 Å². The highest BCUT2D eigenvalue weighted by Crippen LogP contribution is 2.39. The summed E-state index contributed by atoms with van der Waals surface area (Å²) in [6.45, 7) is 3.34. The zero-order valence-electron chi connectivity index (χ0n) is 33.7. The SMILES string of the molecule is C[C@@H]1C/C=C/C=C/C=C/C=C/[C@H](O[C@@H]2O[C@H](C)[C@@H](O)[C@H](N)[C@@H]2O)C[C@@H]2O[C@](O)(C[C@@H](O)C[C@H]3O[C@@H]3/C=C/C(=O)O1)C[C@H](O)[C@H]2C(=O)O.c1ccc2[nH]c(-c3cscn3)nc2c1. The van der Waals surface area contributed by atoms with Crippen LogP contribution in [0.3, 0.4) is 0 Å². The number of fused-ring (bicyclic) bond motifs is 4. The molecule has 14 atom stereocenters. The molecule has 9 N–H and O–H groups in total. The molecule has 7 rings (SSSR count). The van der Waals surface area contributed by atoms with E-state index in [1.54, 1.807) is 67.7 Å². The number of carboxylic acid groups (broad SMARTS) is 1. The van der Waals surface area contributed by atoms with Gasteiger partial charge >= 0.3 is 11.9 Å². The van der Waals surface area contributed by atoms with Crippen molar-refractivity contribution in [3.05, 3.63) is 95.9 Å². The minimum atomic E-state index is -2.10. The number of nitrogens with two attached hydrogens (primary N) is 1. The molecule has 2 bridgehead atoms. The van der Waals surface area contributed by atoms with Gasteiger partial charge in [0.15, 0.2) is 17.9 Å². The number of nitrogens with one attached hydrogen (secondary N) is 1. The van der Waals surface area contributed by atoms with E-state index in [1.807, 2.05) is 41.2 Å². The number of hydrogen-bond acceptors (Lipinski definition) is 16. The van der Waals surface area contributed by atoms with Crippen LogP contribution in [-0.4, -0.2) is 137 Å². The molecule has 6 heterocycles. The van der Waals surface area contributed by atoms with Crippen molar-refractivity contribution in [2.24, 2.45) is 11.7 Å². The monoisotopic (exact) mass is 866 g/mol. The first kappa shape index (κ1) is 46.1. The Hall–Kier alpha value is -4.44. The summed E-state index contributed by atoms with van der Waals surface area (Å²) >= 11 is 1.57. The number of epoxide rings is 1. The third-order valence-corrected chi connectivity index (χ3v) is 11.2. The predicted molar refractivity (Wildman–Crippen MR) is 222 cm³/mol. The number of esters is 1. The molecule has 61 heavy (non-hydrogen) atoms. The van der Waals surface area contributed by atoms with E-state index in [9.17, 15) is 40.2 Å². The van der Waals surface area contributed by atoms with Crippen molar-refractivity contribution in [1.29, 1.82) is 0 Å². The fourth-order valence-corrected chi connectivity index (χ4v) is 7.94. The average molecular weight is 867 g/mol. The van der Waals surface area contributed by atoms with Gasteiger partial charge in [-0.1, -0.05) is 60.7 Å². The van der Waals surface area contributed by atoms with Crippen LogP contribution in [0.15, 0.2) is 95.9 Å². The number of ether oxygens (including phenoxy) is 5. The van der Waals surface area contributed by atoms with Crippen LogP contribution in [0, 0.1) is 5.92 Å². The van der Waals surface area contributed by atoms with Gasteiger partial charge < -0.3 is 65.0 Å². The minimum Gasteiger partial charge on any atom is -0.481 e. The molecule has 3 fully saturated rings. The quantitative estimate of drug-likeness (QED) is 0.138. The number of carbonyl (C=O) groups is 2. The molecule has 0 saturated carbocycles. The van der Waals surface area contributed by atoms with Crippen LogP contribution in [0.1, 0.15) is 46.0 Å². The van der Waals surface area contributed by atoms with Gasteiger partial charge in [-0.2, -0.15) is 0 Å². The molecule has 0 spiro atoms. The van der Waals surface area contributed by atoms with E-state index in [2.05, 4.69) is 15.0 Å². The van der Waals surface area contributed by atoms with Crippen LogP contribution < -0.4 is 5.73 Å². The molecule has 0 aliphatic carbocycles. The summed E-state index contributed by atoms with van der Waals surface area (Å²) in [6.07, 6.45) is 5.25. The molecular formula is C43H54N4O13S. The Morgan fingerprint density at radius 2 is 1.72 bits per heavy atom. The fourth-order valence-electron chi connectivity index (χ4n) is 7.41. The summed E-state index contributed by atoms with van der Waals surface area (Å²) in [5.41, 5.74) is 10.7. The van der Waals surface area contributed by atoms with Gasteiger partial charge in [0.25, 0.3) is 0 Å². The Kier molecular flexibility index (Phi) is 15.9. The largest absolute Gasteiger partial charge is 0.481 e. The van der Waals surface area contributed by atoms with Crippen LogP contribution in [0.2, 0.25) is 0 Å². The van der Waals surface area contributed by atoms with E-state index >= 15 is 0 Å². The zero-order chi connectivity index (χ0) is 43.7. The van der Waals surface area contributed by atoms with Crippen LogP contribution in [0.4, 0.5) is 0 Å². The summed E-state index contributed by atoms with van der Waals surface area (Å²) < 4.78 is 28.5. The van der Waals surface area contributed by atoms with Crippen molar-refractivity contribution in [2.45, 2.75) is 125 Å². The molecule has 330 valence electrons. The second-order valence-corrected chi connectivity index (χ2v) is 16.3. The van der Waals surface area contributed by atoms with Gasteiger partial charge in [-0.15, -0.1) is 11.3 Å². The number of cyclic esters (lactones) is 1. The first-order valence-electron chi connectivity index (χ1n) is 20.2. The number of allylic oxidation sites excluding steroid dienone is 6. The van der Waals surface area contributed by atoms with Gasteiger partial charge in [0.05, 0.1) is 65.3 Å². The summed E-state index contributed by atoms with van der Waals surface area (Å²) in [5, 5.41) is 65.9. The first-order valence-corrected chi connectivity index (χ1v) is 21.1. The van der Waals surface area contributed by atoms with Crippen molar-refractivity contribution in [2.75, 3.05) is 0 Å². The number of H-pyrrole nitrogens is 1. The average Bonchev–Trinajstić information content (AvgIpc) is 3.51. The molecule has 3 aromatic rings. The lowest BCUT2D eigenvalue weighted by Crippen LogP contribution is -2.61. The number of imidazole rings is 1. The number of thiazole rings is 1. The highest BCUT2D eigenvalue weighted by molar-refractivity contribution is 7.07. The van der Waals surface area contributed by atoms with E-state index in [0.29, 0.717) is 6.42 Å². The standard InChI is InChI=1S/C33H47NO13.C10H7N3S/c1-18-10-8-6-4-3-5-7-9-11-21(45-32-30(39)28(34)29(38)19(2)44-32)15-25-27(31(40)41)22(36)17-33(42,47-25)16-20(35)14-24-23(46-24)12-13-26(37)43-18;1-2-4-8-7(3-1)12-10(13-8)9-5-14-6-11-9/h3-9,11-13,18-25,27-30,32,35-36,38-39,42H,10,14-17,34H2,1-2H3,(H,40,41);1-6H,(H,12,13)/b4-3+,7-5+,8-6+,11-9+,13-12+;/t18-,19-,20+,21+,22+,23-,24-,25+,27-,28+,29-,30+,32+,33-;/m1./s1. The lowest BCUT2D eigenvalue weighted by Gasteiger charge is -2.45. The van der Waals surface area contributed by atoms with Gasteiger partial charge in [0.1, 0.15) is 29.9 Å². The van der Waals surface area contributed by atoms with Crippen molar-refractivity contribution < 1.29 is 63.9 Å². The number of carbonyl (C=O) groups excluding carboxylic acids is 1. The lowest BCUT2D eigenvalue weighted by atomic mass is 9.83. The van der Waals surface area contributed by atoms with Crippen molar-refractivity contribution in [1.82, 2.24) is 15.0 Å². The van der Waals surface area contributed by atoms with Gasteiger partial charge in [0.2, 0.25) is 0 Å². The smallest absolute Gasteiger partial charge is 0.330 e. The molecule has 2 aromatic heterocycles. The Morgan fingerprint density at radius 1 is 0.967 bits per heavy atom. The number of aliphatic carboxylic acids is 1. The molecule has 0 unspecified atom stereocenters. The summed E-state index contributed by atoms with van der Waals surface area (Å²) in [7, 11) is 0. The summed E-state index contributed by atoms with van der Waals surface area (Å²) in [4.78, 5) is 36.3. The molecule has 4 aliphatic heterocycles. The van der Waals surface area contributed by atoms with E-state index in [-0.39, 0.29) is 25.4 Å². The van der Waals surface area contributed by atoms with Crippen LogP contribution in [-0.2, 0) is 33.3 Å². The van der Waals surface area contributed by atoms with Crippen molar-refractivity contribution in [3.8, 4) is 11.5 Å². The van der Waals surface area contributed by atoms with Gasteiger partial charge in [-0.05, 0) is 32.1 Å². The van der Waals surface area contributed by atoms with Gasteiger partial charge in [-0.25, -0.2) is 14.8 Å².